The Kier molecular flexibility index (Phi) is 6.33. The summed E-state index contributed by atoms with van der Waals surface area (Å²) >= 11 is 0. The Hall–Kier alpha value is -1.35. The molecule has 1 aromatic rings. The molecular weight excluding hydrogens is 212 g/mol. The molecule has 0 fully saturated rings. The third kappa shape index (κ3) is 5.50. The molecule has 0 atom stereocenters. The highest BCUT2D eigenvalue weighted by atomic mass is 16.1. The van der Waals surface area contributed by atoms with Gasteiger partial charge in [-0.1, -0.05) is 32.4 Å². The van der Waals surface area contributed by atoms with Crippen LogP contribution in [-0.2, 0) is 11.2 Å². The van der Waals surface area contributed by atoms with Crippen LogP contribution in [0, 0.1) is 0 Å². The standard InChI is InChI=1S/C14H22N2O/c1-3-5-12-6-8-13(9-7-12)16-14(17)11-15-10-4-2/h6-9,15H,3-5,10-11H2,1-2H3,(H,16,17). The molecule has 0 aromatic heterocycles. The van der Waals surface area contributed by atoms with Crippen molar-refractivity contribution in [3.05, 3.63) is 29.8 Å². The van der Waals surface area contributed by atoms with Gasteiger partial charge in [-0.05, 0) is 37.1 Å². The molecule has 1 aromatic carbocycles. The van der Waals surface area contributed by atoms with E-state index in [1.807, 2.05) is 12.1 Å². The van der Waals surface area contributed by atoms with E-state index >= 15 is 0 Å². The molecule has 1 rings (SSSR count). The number of carbonyl (C=O) groups excluding carboxylic acids is 1. The fourth-order valence-corrected chi connectivity index (χ4v) is 1.63. The Morgan fingerprint density at radius 3 is 2.41 bits per heavy atom. The predicted octanol–water partition coefficient (Wildman–Crippen LogP) is 2.58. The molecule has 0 radical (unpaired) electrons. The molecule has 0 saturated carbocycles. The van der Waals surface area contributed by atoms with Crippen LogP contribution < -0.4 is 10.6 Å². The van der Waals surface area contributed by atoms with Crippen LogP contribution in [0.1, 0.15) is 32.3 Å². The topological polar surface area (TPSA) is 41.1 Å². The lowest BCUT2D eigenvalue weighted by molar-refractivity contribution is -0.115. The van der Waals surface area contributed by atoms with Gasteiger partial charge in [0, 0.05) is 5.69 Å². The Labute approximate surface area is 104 Å². The van der Waals surface area contributed by atoms with Gasteiger partial charge in [0.05, 0.1) is 6.54 Å². The van der Waals surface area contributed by atoms with Gasteiger partial charge in [-0.15, -0.1) is 0 Å². The summed E-state index contributed by atoms with van der Waals surface area (Å²) < 4.78 is 0. The van der Waals surface area contributed by atoms with Crippen molar-refractivity contribution in [2.45, 2.75) is 33.1 Å². The largest absolute Gasteiger partial charge is 0.325 e. The minimum absolute atomic E-state index is 0.0155. The van der Waals surface area contributed by atoms with E-state index in [1.54, 1.807) is 0 Å². The van der Waals surface area contributed by atoms with E-state index in [0.717, 1.165) is 31.5 Å². The van der Waals surface area contributed by atoms with E-state index in [0.29, 0.717) is 6.54 Å². The third-order valence-corrected chi connectivity index (χ3v) is 2.49. The average Bonchev–Trinajstić information content (AvgIpc) is 2.32. The summed E-state index contributed by atoms with van der Waals surface area (Å²) in [7, 11) is 0. The molecule has 0 aliphatic rings. The van der Waals surface area contributed by atoms with Gasteiger partial charge in [0.2, 0.25) is 5.91 Å². The zero-order valence-electron chi connectivity index (χ0n) is 10.8. The molecule has 0 heterocycles. The van der Waals surface area contributed by atoms with Gasteiger partial charge in [0.1, 0.15) is 0 Å². The lowest BCUT2D eigenvalue weighted by Gasteiger charge is -2.07. The van der Waals surface area contributed by atoms with Crippen molar-refractivity contribution in [2.24, 2.45) is 0 Å². The molecule has 0 saturated heterocycles. The van der Waals surface area contributed by atoms with Crippen molar-refractivity contribution in [2.75, 3.05) is 18.4 Å². The lowest BCUT2D eigenvalue weighted by atomic mass is 10.1. The van der Waals surface area contributed by atoms with Crippen molar-refractivity contribution >= 4 is 11.6 Å². The minimum Gasteiger partial charge on any atom is -0.325 e. The second kappa shape index (κ2) is 7.85. The van der Waals surface area contributed by atoms with Gasteiger partial charge in [-0.25, -0.2) is 0 Å². The normalized spacial score (nSPS) is 10.2. The summed E-state index contributed by atoms with van der Waals surface area (Å²) in [5.74, 6) is 0.0155. The second-order valence-corrected chi connectivity index (χ2v) is 4.17. The molecule has 0 spiro atoms. The highest BCUT2D eigenvalue weighted by Gasteiger charge is 2.01. The summed E-state index contributed by atoms with van der Waals surface area (Å²) in [5, 5.41) is 5.94. The molecule has 0 bridgehead atoms. The highest BCUT2D eigenvalue weighted by molar-refractivity contribution is 5.92. The lowest BCUT2D eigenvalue weighted by Crippen LogP contribution is -2.28. The van der Waals surface area contributed by atoms with Crippen LogP contribution in [-0.4, -0.2) is 19.0 Å². The zero-order chi connectivity index (χ0) is 12.5. The number of benzene rings is 1. The van der Waals surface area contributed by atoms with Crippen LogP contribution in [0.5, 0.6) is 0 Å². The van der Waals surface area contributed by atoms with Crippen LogP contribution in [0.25, 0.3) is 0 Å². The Balaban J connectivity index is 2.37. The molecule has 0 aliphatic heterocycles. The number of hydrogen-bond donors (Lipinski definition) is 2. The van der Waals surface area contributed by atoms with E-state index < -0.39 is 0 Å². The van der Waals surface area contributed by atoms with Gasteiger partial charge in [-0.2, -0.15) is 0 Å². The van der Waals surface area contributed by atoms with Crippen molar-refractivity contribution < 1.29 is 4.79 Å². The maximum absolute atomic E-state index is 11.5. The Morgan fingerprint density at radius 2 is 1.82 bits per heavy atom. The van der Waals surface area contributed by atoms with Crippen molar-refractivity contribution in [1.82, 2.24) is 5.32 Å². The average molecular weight is 234 g/mol. The first-order valence-electron chi connectivity index (χ1n) is 6.35. The van der Waals surface area contributed by atoms with E-state index in [-0.39, 0.29) is 5.91 Å². The number of anilines is 1. The Bertz CT molecular complexity index is 333. The third-order valence-electron chi connectivity index (χ3n) is 2.49. The second-order valence-electron chi connectivity index (χ2n) is 4.17. The fourth-order valence-electron chi connectivity index (χ4n) is 1.63. The van der Waals surface area contributed by atoms with Crippen molar-refractivity contribution in [3.63, 3.8) is 0 Å². The Morgan fingerprint density at radius 1 is 1.12 bits per heavy atom. The molecule has 3 nitrogen and oxygen atoms in total. The van der Waals surface area contributed by atoms with Crippen LogP contribution in [0.2, 0.25) is 0 Å². The maximum atomic E-state index is 11.5. The number of amides is 1. The number of rotatable bonds is 7. The van der Waals surface area contributed by atoms with E-state index in [9.17, 15) is 4.79 Å². The zero-order valence-corrected chi connectivity index (χ0v) is 10.8. The number of hydrogen-bond acceptors (Lipinski definition) is 2. The summed E-state index contributed by atoms with van der Waals surface area (Å²) in [5.41, 5.74) is 2.18. The molecule has 17 heavy (non-hydrogen) atoms. The quantitative estimate of drug-likeness (QED) is 0.712. The first kappa shape index (κ1) is 13.7. The van der Waals surface area contributed by atoms with Crippen LogP contribution in [0.3, 0.4) is 0 Å². The first-order chi connectivity index (χ1) is 8.26. The van der Waals surface area contributed by atoms with Gasteiger partial charge < -0.3 is 10.6 Å². The number of nitrogens with one attached hydrogen (secondary N) is 2. The molecular formula is C14H22N2O. The van der Waals surface area contributed by atoms with Gasteiger partial charge in [0.25, 0.3) is 0 Å². The van der Waals surface area contributed by atoms with Crippen molar-refractivity contribution in [1.29, 1.82) is 0 Å². The molecule has 94 valence electrons. The van der Waals surface area contributed by atoms with Crippen LogP contribution >= 0.6 is 0 Å². The summed E-state index contributed by atoms with van der Waals surface area (Å²) in [4.78, 5) is 11.5. The van der Waals surface area contributed by atoms with E-state index in [2.05, 4.69) is 36.6 Å². The summed E-state index contributed by atoms with van der Waals surface area (Å²) in [6.45, 7) is 5.50. The number of aryl methyl sites for hydroxylation is 1. The highest BCUT2D eigenvalue weighted by Crippen LogP contribution is 2.10. The van der Waals surface area contributed by atoms with Crippen molar-refractivity contribution in [3.8, 4) is 0 Å². The van der Waals surface area contributed by atoms with Gasteiger partial charge >= 0.3 is 0 Å². The van der Waals surface area contributed by atoms with Gasteiger partial charge in [0.15, 0.2) is 0 Å². The molecule has 0 unspecified atom stereocenters. The molecule has 0 aliphatic carbocycles. The van der Waals surface area contributed by atoms with Crippen LogP contribution in [0.4, 0.5) is 5.69 Å². The van der Waals surface area contributed by atoms with E-state index in [4.69, 9.17) is 0 Å². The SMILES string of the molecule is CCCNCC(=O)Nc1ccc(CCC)cc1. The monoisotopic (exact) mass is 234 g/mol. The van der Waals surface area contributed by atoms with Crippen LogP contribution in [0.15, 0.2) is 24.3 Å². The maximum Gasteiger partial charge on any atom is 0.238 e. The minimum atomic E-state index is 0.0155. The summed E-state index contributed by atoms with van der Waals surface area (Å²) in [6.07, 6.45) is 3.28. The van der Waals surface area contributed by atoms with Gasteiger partial charge in [-0.3, -0.25) is 4.79 Å². The number of carbonyl (C=O) groups is 1. The molecule has 2 N–H and O–H groups in total. The molecule has 1 amide bonds. The van der Waals surface area contributed by atoms with E-state index in [1.165, 1.54) is 5.56 Å². The first-order valence-corrected chi connectivity index (χ1v) is 6.35. The predicted molar refractivity (Wildman–Crippen MR) is 72.2 cm³/mol. The molecule has 3 heteroatoms. The smallest absolute Gasteiger partial charge is 0.238 e. The summed E-state index contributed by atoms with van der Waals surface area (Å²) in [6, 6.07) is 8.06. The fraction of sp³-hybridized carbons (Fsp3) is 0.500.